The third kappa shape index (κ3) is 2.89. The molecule has 2 aromatic rings. The highest BCUT2D eigenvalue weighted by Gasteiger charge is 2.34. The number of rotatable bonds is 3. The van der Waals surface area contributed by atoms with E-state index in [1.54, 1.807) is 0 Å². The highest BCUT2D eigenvalue weighted by Crippen LogP contribution is 2.29. The molecule has 5 nitrogen and oxygen atoms in total. The van der Waals surface area contributed by atoms with Crippen molar-refractivity contribution in [1.82, 2.24) is 9.55 Å². The molecule has 0 amide bonds. The minimum Gasteiger partial charge on any atom is -0.369 e. The Labute approximate surface area is 125 Å². The number of anilines is 1. The highest BCUT2D eigenvalue weighted by molar-refractivity contribution is 5.78. The first-order chi connectivity index (χ1) is 9.96. The standard InChI is InChI=1S/C16H23N3O2/c1-11-10-20-16(2,3)21-14(11)8-9-19-13-7-5-4-6-12(13)18-15(19)17/h4-7,11,14H,8-10H2,1-3H3,(H2,17,18)/t11-,14-/m1/s1. The van der Waals surface area contributed by atoms with Crippen LogP contribution < -0.4 is 5.73 Å². The normalized spacial score (nSPS) is 25.3. The first-order valence-electron chi connectivity index (χ1n) is 7.49. The molecule has 21 heavy (non-hydrogen) atoms. The van der Waals surface area contributed by atoms with Gasteiger partial charge in [0.1, 0.15) is 0 Å². The summed E-state index contributed by atoms with van der Waals surface area (Å²) in [5.74, 6) is 0.448. The lowest BCUT2D eigenvalue weighted by molar-refractivity contribution is -0.291. The van der Waals surface area contributed by atoms with E-state index in [2.05, 4.69) is 22.5 Å². The maximum absolute atomic E-state index is 6.04. The van der Waals surface area contributed by atoms with Gasteiger partial charge in [-0.3, -0.25) is 0 Å². The SMILES string of the molecule is C[C@@H]1COC(C)(C)O[C@@H]1CCn1c(N)nc2ccccc21. The molecule has 2 heterocycles. The van der Waals surface area contributed by atoms with E-state index in [1.165, 1.54) is 0 Å². The minimum atomic E-state index is -0.500. The number of para-hydroxylation sites is 2. The van der Waals surface area contributed by atoms with Gasteiger partial charge in [0.25, 0.3) is 0 Å². The first-order valence-corrected chi connectivity index (χ1v) is 7.49. The molecule has 3 rings (SSSR count). The van der Waals surface area contributed by atoms with Crippen LogP contribution in [-0.4, -0.2) is 28.0 Å². The Morgan fingerprint density at radius 1 is 1.38 bits per heavy atom. The molecule has 1 fully saturated rings. The zero-order valence-electron chi connectivity index (χ0n) is 12.9. The van der Waals surface area contributed by atoms with Crippen molar-refractivity contribution in [1.29, 1.82) is 0 Å². The lowest BCUT2D eigenvalue weighted by Crippen LogP contribution is -2.45. The molecule has 1 aliphatic heterocycles. The summed E-state index contributed by atoms with van der Waals surface area (Å²) in [6, 6.07) is 8.03. The van der Waals surface area contributed by atoms with Crippen molar-refractivity contribution in [2.45, 2.75) is 45.6 Å². The van der Waals surface area contributed by atoms with E-state index in [4.69, 9.17) is 15.2 Å². The van der Waals surface area contributed by atoms with Crippen LogP contribution in [0.25, 0.3) is 11.0 Å². The van der Waals surface area contributed by atoms with E-state index in [1.807, 2.05) is 32.0 Å². The average molecular weight is 289 g/mol. The lowest BCUT2D eigenvalue weighted by atomic mass is 10.0. The van der Waals surface area contributed by atoms with Crippen LogP contribution in [0.2, 0.25) is 0 Å². The summed E-state index contributed by atoms with van der Waals surface area (Å²) >= 11 is 0. The molecule has 1 aromatic heterocycles. The topological polar surface area (TPSA) is 62.3 Å². The van der Waals surface area contributed by atoms with Gasteiger partial charge in [-0.2, -0.15) is 0 Å². The Kier molecular flexibility index (Phi) is 3.63. The average Bonchev–Trinajstić information content (AvgIpc) is 2.75. The summed E-state index contributed by atoms with van der Waals surface area (Å²) in [6.45, 7) is 7.63. The number of nitrogen functional groups attached to an aromatic ring is 1. The quantitative estimate of drug-likeness (QED) is 0.943. The van der Waals surface area contributed by atoms with Crippen LogP contribution in [0.1, 0.15) is 27.2 Å². The fourth-order valence-corrected chi connectivity index (χ4v) is 2.88. The molecule has 0 radical (unpaired) electrons. The number of imidazole rings is 1. The molecule has 0 saturated carbocycles. The Morgan fingerprint density at radius 2 is 2.14 bits per heavy atom. The van der Waals surface area contributed by atoms with E-state index in [-0.39, 0.29) is 6.10 Å². The second kappa shape index (κ2) is 5.31. The second-order valence-corrected chi connectivity index (χ2v) is 6.24. The van der Waals surface area contributed by atoms with Crippen LogP contribution in [0.15, 0.2) is 24.3 Å². The molecule has 114 valence electrons. The molecule has 1 aliphatic rings. The molecule has 0 bridgehead atoms. The Bertz CT molecular complexity index is 635. The summed E-state index contributed by atoms with van der Waals surface area (Å²) in [4.78, 5) is 4.40. The van der Waals surface area contributed by atoms with Gasteiger partial charge >= 0.3 is 0 Å². The van der Waals surface area contributed by atoms with E-state index in [0.29, 0.717) is 11.9 Å². The Hall–Kier alpha value is -1.59. The van der Waals surface area contributed by atoms with Gasteiger partial charge in [-0.15, -0.1) is 0 Å². The number of ether oxygens (including phenoxy) is 2. The third-order valence-corrected chi connectivity index (χ3v) is 4.08. The van der Waals surface area contributed by atoms with E-state index < -0.39 is 5.79 Å². The predicted molar refractivity (Wildman–Crippen MR) is 82.8 cm³/mol. The van der Waals surface area contributed by atoms with Crippen molar-refractivity contribution < 1.29 is 9.47 Å². The smallest absolute Gasteiger partial charge is 0.201 e. The molecule has 0 aliphatic carbocycles. The molecule has 2 atom stereocenters. The van der Waals surface area contributed by atoms with Gasteiger partial charge in [0, 0.05) is 12.5 Å². The summed E-state index contributed by atoms with van der Waals surface area (Å²) in [6.07, 6.45) is 1.08. The van der Waals surface area contributed by atoms with Gasteiger partial charge < -0.3 is 19.8 Å². The van der Waals surface area contributed by atoms with Crippen LogP contribution >= 0.6 is 0 Å². The van der Waals surface area contributed by atoms with Crippen molar-refractivity contribution in [2.24, 2.45) is 5.92 Å². The predicted octanol–water partition coefficient (Wildman–Crippen LogP) is 2.80. The lowest BCUT2D eigenvalue weighted by Gasteiger charge is -2.40. The zero-order valence-corrected chi connectivity index (χ0v) is 12.9. The summed E-state index contributed by atoms with van der Waals surface area (Å²) in [5.41, 5.74) is 8.06. The molecular weight excluding hydrogens is 266 g/mol. The number of fused-ring (bicyclic) bond motifs is 1. The van der Waals surface area contributed by atoms with Gasteiger partial charge in [-0.25, -0.2) is 4.98 Å². The highest BCUT2D eigenvalue weighted by atomic mass is 16.7. The maximum atomic E-state index is 6.04. The fraction of sp³-hybridized carbons (Fsp3) is 0.562. The number of hydrogen-bond acceptors (Lipinski definition) is 4. The van der Waals surface area contributed by atoms with Crippen molar-refractivity contribution in [3.8, 4) is 0 Å². The molecule has 5 heteroatoms. The van der Waals surface area contributed by atoms with Crippen LogP contribution in [0.3, 0.4) is 0 Å². The van der Waals surface area contributed by atoms with Crippen molar-refractivity contribution in [2.75, 3.05) is 12.3 Å². The Balaban J connectivity index is 1.75. The van der Waals surface area contributed by atoms with E-state index >= 15 is 0 Å². The monoisotopic (exact) mass is 289 g/mol. The molecule has 2 N–H and O–H groups in total. The zero-order chi connectivity index (χ0) is 15.0. The number of aromatic nitrogens is 2. The molecule has 1 aromatic carbocycles. The second-order valence-electron chi connectivity index (χ2n) is 6.24. The first kappa shape index (κ1) is 14.4. The molecule has 0 unspecified atom stereocenters. The number of aryl methyl sites for hydroxylation is 1. The van der Waals surface area contributed by atoms with Gasteiger partial charge in [0.15, 0.2) is 5.79 Å². The minimum absolute atomic E-state index is 0.175. The van der Waals surface area contributed by atoms with Crippen LogP contribution in [0.5, 0.6) is 0 Å². The number of hydrogen-bond donors (Lipinski definition) is 1. The molecule has 1 saturated heterocycles. The fourth-order valence-electron chi connectivity index (χ4n) is 2.88. The summed E-state index contributed by atoms with van der Waals surface area (Å²) in [5, 5.41) is 0. The van der Waals surface area contributed by atoms with Crippen LogP contribution in [-0.2, 0) is 16.0 Å². The van der Waals surface area contributed by atoms with Gasteiger partial charge in [0.2, 0.25) is 5.95 Å². The summed E-state index contributed by atoms with van der Waals surface area (Å²) in [7, 11) is 0. The number of benzene rings is 1. The molecular formula is C16H23N3O2. The van der Waals surface area contributed by atoms with Gasteiger partial charge in [-0.05, 0) is 32.4 Å². The van der Waals surface area contributed by atoms with E-state index in [9.17, 15) is 0 Å². The van der Waals surface area contributed by atoms with E-state index in [0.717, 1.165) is 30.6 Å². The third-order valence-electron chi connectivity index (χ3n) is 4.08. The largest absolute Gasteiger partial charge is 0.369 e. The van der Waals surface area contributed by atoms with Crippen molar-refractivity contribution in [3.05, 3.63) is 24.3 Å². The number of nitrogens with zero attached hydrogens (tertiary/aromatic N) is 2. The van der Waals surface area contributed by atoms with Crippen molar-refractivity contribution >= 4 is 17.0 Å². The van der Waals surface area contributed by atoms with Crippen LogP contribution in [0, 0.1) is 5.92 Å². The van der Waals surface area contributed by atoms with Gasteiger partial charge in [0.05, 0.1) is 23.7 Å². The molecule has 0 spiro atoms. The van der Waals surface area contributed by atoms with Crippen molar-refractivity contribution in [3.63, 3.8) is 0 Å². The Morgan fingerprint density at radius 3 is 2.95 bits per heavy atom. The summed E-state index contributed by atoms with van der Waals surface area (Å²) < 4.78 is 13.8. The van der Waals surface area contributed by atoms with Gasteiger partial charge in [-0.1, -0.05) is 19.1 Å². The van der Waals surface area contributed by atoms with Crippen LogP contribution in [0.4, 0.5) is 5.95 Å². The maximum Gasteiger partial charge on any atom is 0.201 e. The number of nitrogens with two attached hydrogens (primary N) is 1.